The van der Waals surface area contributed by atoms with Crippen LogP contribution in [0.1, 0.15) is 5.56 Å². The lowest BCUT2D eigenvalue weighted by atomic mass is 10.00. The van der Waals surface area contributed by atoms with Crippen molar-refractivity contribution in [1.82, 2.24) is 4.40 Å². The lowest BCUT2D eigenvalue weighted by molar-refractivity contribution is -0.643. The molecule has 3 heterocycles. The maximum Gasteiger partial charge on any atom is 0.224 e. The van der Waals surface area contributed by atoms with Crippen molar-refractivity contribution in [1.29, 1.82) is 0 Å². The number of para-hydroxylation sites is 1. The van der Waals surface area contributed by atoms with Crippen molar-refractivity contribution in [2.75, 3.05) is 7.11 Å². The molecule has 27 heavy (non-hydrogen) atoms. The zero-order valence-electron chi connectivity index (χ0n) is 15.6. The standard InChI is InChI=1S/C24H19N2O/c1-14-10-11-17-16-7-5-9-19(27-3)22(16)26-18-8-4-6-15-12-13-25(2)24(21(15)18)20(14)23(17)26/h4-13H,1-3H3/q+1. The number of hydrogen-bond acceptors (Lipinski definition) is 1. The minimum atomic E-state index is 0.910. The molecule has 0 radical (unpaired) electrons. The van der Waals surface area contributed by atoms with E-state index in [9.17, 15) is 0 Å². The second kappa shape index (κ2) is 4.89. The highest BCUT2D eigenvalue weighted by atomic mass is 16.5. The highest BCUT2D eigenvalue weighted by molar-refractivity contribution is 6.26. The van der Waals surface area contributed by atoms with Crippen molar-refractivity contribution in [3.8, 4) is 5.75 Å². The maximum atomic E-state index is 5.78. The second-order valence-electron chi connectivity index (χ2n) is 7.36. The highest BCUT2D eigenvalue weighted by Crippen LogP contribution is 2.42. The molecule has 3 aromatic heterocycles. The molecule has 0 saturated heterocycles. The molecule has 0 atom stereocenters. The Morgan fingerprint density at radius 2 is 1.67 bits per heavy atom. The summed E-state index contributed by atoms with van der Waals surface area (Å²) in [6, 6.07) is 19.6. The molecule has 3 heteroatoms. The molecule has 0 fully saturated rings. The lowest BCUT2D eigenvalue weighted by Gasteiger charge is -2.13. The molecule has 0 spiro atoms. The summed E-state index contributed by atoms with van der Waals surface area (Å²) in [6.45, 7) is 2.21. The number of nitrogens with zero attached hydrogens (tertiary/aromatic N) is 2. The van der Waals surface area contributed by atoms with Crippen molar-refractivity contribution in [2.24, 2.45) is 7.05 Å². The van der Waals surface area contributed by atoms with Crippen LogP contribution < -0.4 is 9.30 Å². The molecule has 3 nitrogen and oxygen atoms in total. The Bertz CT molecular complexity index is 1520. The molecule has 0 N–H and O–H groups in total. The van der Waals surface area contributed by atoms with E-state index in [1.807, 2.05) is 0 Å². The first-order chi connectivity index (χ1) is 13.2. The van der Waals surface area contributed by atoms with Crippen LogP contribution in [-0.4, -0.2) is 11.5 Å². The summed E-state index contributed by atoms with van der Waals surface area (Å²) >= 11 is 0. The predicted octanol–water partition coefficient (Wildman–Crippen LogP) is 5.13. The van der Waals surface area contributed by atoms with Gasteiger partial charge >= 0.3 is 0 Å². The first-order valence-electron chi connectivity index (χ1n) is 9.23. The van der Waals surface area contributed by atoms with E-state index in [1.54, 1.807) is 7.11 Å². The van der Waals surface area contributed by atoms with Crippen LogP contribution in [-0.2, 0) is 7.05 Å². The fourth-order valence-corrected chi connectivity index (χ4v) is 4.81. The summed E-state index contributed by atoms with van der Waals surface area (Å²) in [5.74, 6) is 0.910. The summed E-state index contributed by atoms with van der Waals surface area (Å²) < 4.78 is 10.4. The molecule has 0 bridgehead atoms. The maximum absolute atomic E-state index is 5.78. The van der Waals surface area contributed by atoms with Crippen molar-refractivity contribution in [2.45, 2.75) is 6.92 Å². The largest absolute Gasteiger partial charge is 0.495 e. The van der Waals surface area contributed by atoms with Gasteiger partial charge in [-0.3, -0.25) is 0 Å². The number of fused-ring (bicyclic) bond motifs is 5. The van der Waals surface area contributed by atoms with Crippen molar-refractivity contribution in [3.63, 3.8) is 0 Å². The Hall–Kier alpha value is -3.33. The first-order valence-corrected chi connectivity index (χ1v) is 9.23. The van der Waals surface area contributed by atoms with Gasteiger partial charge in [-0.25, -0.2) is 4.57 Å². The number of hydrogen-bond donors (Lipinski definition) is 0. The number of methoxy groups -OCH3 is 1. The van der Waals surface area contributed by atoms with E-state index in [0.29, 0.717) is 0 Å². The van der Waals surface area contributed by atoms with Gasteiger partial charge < -0.3 is 9.14 Å². The average Bonchev–Trinajstić information content (AvgIpc) is 3.03. The lowest BCUT2D eigenvalue weighted by Crippen LogP contribution is -2.28. The molecular formula is C24H19N2O+. The Morgan fingerprint density at radius 3 is 2.52 bits per heavy atom. The third-order valence-corrected chi connectivity index (χ3v) is 5.96. The van der Waals surface area contributed by atoms with Crippen LogP contribution in [0, 0.1) is 6.92 Å². The molecule has 0 saturated carbocycles. The SMILES string of the molecule is COc1cccc2c3ccc(C)c4c3n(c3cccc5cc[n+](C)c4c53)c12. The number of ether oxygens (including phenoxy) is 1. The van der Waals surface area contributed by atoms with Gasteiger partial charge in [0.25, 0.3) is 0 Å². The average molecular weight is 351 g/mol. The molecule has 0 aliphatic heterocycles. The Labute approximate surface area is 156 Å². The number of benzene rings is 3. The predicted molar refractivity (Wildman–Crippen MR) is 111 cm³/mol. The molecule has 130 valence electrons. The van der Waals surface area contributed by atoms with E-state index in [1.165, 1.54) is 49.0 Å². The molecule has 6 aromatic rings. The van der Waals surface area contributed by atoms with Gasteiger partial charge in [0.2, 0.25) is 5.52 Å². The van der Waals surface area contributed by atoms with E-state index in [4.69, 9.17) is 4.74 Å². The Balaban J connectivity index is 2.15. The fraction of sp³-hybridized carbons (Fsp3) is 0.125. The van der Waals surface area contributed by atoms with E-state index < -0.39 is 0 Å². The summed E-state index contributed by atoms with van der Waals surface area (Å²) in [5.41, 5.74) is 6.23. The van der Waals surface area contributed by atoms with E-state index >= 15 is 0 Å². The van der Waals surface area contributed by atoms with Gasteiger partial charge in [0.1, 0.15) is 12.8 Å². The van der Waals surface area contributed by atoms with Crippen LogP contribution >= 0.6 is 0 Å². The summed E-state index contributed by atoms with van der Waals surface area (Å²) in [6.07, 6.45) is 2.17. The Kier molecular flexibility index (Phi) is 2.68. The van der Waals surface area contributed by atoms with Crippen molar-refractivity contribution in [3.05, 3.63) is 66.4 Å². The van der Waals surface area contributed by atoms with Crippen LogP contribution in [0.2, 0.25) is 0 Å². The molecule has 6 rings (SSSR count). The van der Waals surface area contributed by atoms with Gasteiger partial charge in [-0.1, -0.05) is 36.4 Å². The highest BCUT2D eigenvalue weighted by Gasteiger charge is 2.24. The van der Waals surface area contributed by atoms with Gasteiger partial charge in [0, 0.05) is 16.8 Å². The second-order valence-corrected chi connectivity index (χ2v) is 7.36. The quantitative estimate of drug-likeness (QED) is 0.228. The van der Waals surface area contributed by atoms with E-state index in [-0.39, 0.29) is 0 Å². The number of rotatable bonds is 1. The van der Waals surface area contributed by atoms with Gasteiger partial charge in [0.15, 0.2) is 6.20 Å². The molecule has 0 aliphatic rings. The van der Waals surface area contributed by atoms with Gasteiger partial charge in [0.05, 0.1) is 34.4 Å². The molecule has 0 unspecified atom stereocenters. The van der Waals surface area contributed by atoms with Crippen LogP contribution in [0.15, 0.2) is 60.8 Å². The zero-order chi connectivity index (χ0) is 18.3. The minimum Gasteiger partial charge on any atom is -0.495 e. The third-order valence-electron chi connectivity index (χ3n) is 5.96. The molecule has 3 aromatic carbocycles. The third kappa shape index (κ3) is 1.65. The van der Waals surface area contributed by atoms with Crippen LogP contribution in [0.25, 0.3) is 49.0 Å². The topological polar surface area (TPSA) is 17.5 Å². The van der Waals surface area contributed by atoms with Gasteiger partial charge in [-0.2, -0.15) is 0 Å². The summed E-state index contributed by atoms with van der Waals surface area (Å²) in [5, 5.41) is 6.39. The van der Waals surface area contributed by atoms with Crippen LogP contribution in [0.5, 0.6) is 5.75 Å². The first kappa shape index (κ1) is 14.8. The van der Waals surface area contributed by atoms with Crippen molar-refractivity contribution < 1.29 is 9.30 Å². The van der Waals surface area contributed by atoms with Crippen molar-refractivity contribution >= 4 is 49.0 Å². The summed E-state index contributed by atoms with van der Waals surface area (Å²) in [4.78, 5) is 0. The number of aromatic nitrogens is 2. The van der Waals surface area contributed by atoms with Gasteiger partial charge in [-0.15, -0.1) is 0 Å². The molecule has 0 aliphatic carbocycles. The number of pyridine rings is 2. The van der Waals surface area contributed by atoms with Crippen LogP contribution in [0.4, 0.5) is 0 Å². The minimum absolute atomic E-state index is 0.910. The van der Waals surface area contributed by atoms with E-state index in [0.717, 1.165) is 11.3 Å². The zero-order valence-corrected chi connectivity index (χ0v) is 15.6. The van der Waals surface area contributed by atoms with Gasteiger partial charge in [-0.05, 0) is 30.0 Å². The number of aryl methyl sites for hydroxylation is 2. The Morgan fingerprint density at radius 1 is 0.852 bits per heavy atom. The van der Waals surface area contributed by atoms with E-state index in [2.05, 4.69) is 83.7 Å². The molecular weight excluding hydrogens is 332 g/mol. The van der Waals surface area contributed by atoms with Crippen LogP contribution in [0.3, 0.4) is 0 Å². The smallest absolute Gasteiger partial charge is 0.224 e. The fourth-order valence-electron chi connectivity index (χ4n) is 4.81. The normalized spacial score (nSPS) is 12.3. The summed E-state index contributed by atoms with van der Waals surface area (Å²) in [7, 11) is 3.89. The molecule has 0 amide bonds. The monoisotopic (exact) mass is 351 g/mol.